The van der Waals surface area contributed by atoms with Gasteiger partial charge in [-0.15, -0.1) is 11.3 Å². The number of aromatic carboxylic acids is 1. The Morgan fingerprint density at radius 2 is 2.21 bits per heavy atom. The van der Waals surface area contributed by atoms with E-state index in [1.54, 1.807) is 21.1 Å². The highest BCUT2D eigenvalue weighted by Gasteiger charge is 2.18. The van der Waals surface area contributed by atoms with E-state index < -0.39 is 5.97 Å². The highest BCUT2D eigenvalue weighted by molar-refractivity contribution is 7.15. The van der Waals surface area contributed by atoms with Crippen molar-refractivity contribution < 1.29 is 14.6 Å². The lowest BCUT2D eigenvalue weighted by Crippen LogP contribution is -1.99. The third-order valence-corrected chi connectivity index (χ3v) is 3.72. The summed E-state index contributed by atoms with van der Waals surface area (Å²) < 4.78 is 5.39. The lowest BCUT2D eigenvalue weighted by Gasteiger charge is -2.11. The molecule has 0 atom stereocenters. The number of para-hydroxylation sites is 1. The summed E-state index contributed by atoms with van der Waals surface area (Å²) in [4.78, 5) is 15.9. The highest BCUT2D eigenvalue weighted by Crippen LogP contribution is 2.38. The van der Waals surface area contributed by atoms with Crippen molar-refractivity contribution in [2.45, 2.75) is 6.92 Å². The van der Waals surface area contributed by atoms with Crippen molar-refractivity contribution in [3.63, 3.8) is 0 Å². The van der Waals surface area contributed by atoms with Gasteiger partial charge in [0, 0.05) is 11.9 Å². The van der Waals surface area contributed by atoms with E-state index in [1.807, 2.05) is 18.2 Å². The number of hydrogen-bond acceptors (Lipinski definition) is 5. The van der Waals surface area contributed by atoms with Gasteiger partial charge < -0.3 is 15.2 Å². The minimum absolute atomic E-state index is 0.0944. The molecule has 0 bridgehead atoms. The average molecular weight is 278 g/mol. The first-order valence-electron chi connectivity index (χ1n) is 5.64. The molecule has 0 fully saturated rings. The summed E-state index contributed by atoms with van der Waals surface area (Å²) >= 11 is 1.34. The number of carboxylic acid groups (broad SMARTS) is 1. The Morgan fingerprint density at radius 3 is 2.74 bits per heavy atom. The summed E-state index contributed by atoms with van der Waals surface area (Å²) in [7, 11) is 3.38. The summed E-state index contributed by atoms with van der Waals surface area (Å²) in [5, 5.41) is 12.7. The molecule has 0 radical (unpaired) electrons. The van der Waals surface area contributed by atoms with Crippen LogP contribution >= 0.6 is 11.3 Å². The molecule has 1 aromatic carbocycles. The molecule has 0 saturated carbocycles. The Balaban J connectivity index is 2.59. The molecule has 0 aliphatic heterocycles. The quantitative estimate of drug-likeness (QED) is 0.899. The molecular formula is C13H14N2O3S. The van der Waals surface area contributed by atoms with Gasteiger partial charge in [0.25, 0.3) is 0 Å². The third kappa shape index (κ3) is 2.39. The minimum Gasteiger partial charge on any atom is -0.494 e. The fraction of sp³-hybridized carbons (Fsp3) is 0.231. The van der Waals surface area contributed by atoms with Crippen LogP contribution in [0.5, 0.6) is 5.75 Å². The summed E-state index contributed by atoms with van der Waals surface area (Å²) in [6.45, 7) is 1.75. The zero-order valence-electron chi connectivity index (χ0n) is 10.9. The van der Waals surface area contributed by atoms with Crippen LogP contribution < -0.4 is 10.1 Å². The lowest BCUT2D eigenvalue weighted by atomic mass is 10.2. The van der Waals surface area contributed by atoms with Gasteiger partial charge in [-0.25, -0.2) is 9.78 Å². The van der Waals surface area contributed by atoms with E-state index in [9.17, 15) is 4.79 Å². The van der Waals surface area contributed by atoms with Crippen molar-refractivity contribution in [3.8, 4) is 16.3 Å². The van der Waals surface area contributed by atoms with Crippen LogP contribution in [0.2, 0.25) is 0 Å². The van der Waals surface area contributed by atoms with E-state index in [1.165, 1.54) is 11.3 Å². The molecule has 0 unspecified atom stereocenters. The maximum atomic E-state index is 11.0. The zero-order valence-corrected chi connectivity index (χ0v) is 11.7. The molecule has 5 nitrogen and oxygen atoms in total. The summed E-state index contributed by atoms with van der Waals surface area (Å²) in [5.74, 6) is -0.348. The minimum atomic E-state index is -1.01. The fourth-order valence-electron chi connectivity index (χ4n) is 1.83. The highest BCUT2D eigenvalue weighted by atomic mass is 32.1. The summed E-state index contributed by atoms with van der Waals surface area (Å²) in [6.07, 6.45) is 0. The molecule has 2 aromatic rings. The topological polar surface area (TPSA) is 71.5 Å². The van der Waals surface area contributed by atoms with E-state index in [0.717, 1.165) is 11.3 Å². The predicted molar refractivity (Wildman–Crippen MR) is 75.3 cm³/mol. The Hall–Kier alpha value is -2.08. The van der Waals surface area contributed by atoms with Crippen LogP contribution in [0.4, 0.5) is 5.69 Å². The van der Waals surface area contributed by atoms with Gasteiger partial charge in [-0.05, 0) is 19.1 Å². The monoisotopic (exact) mass is 278 g/mol. The van der Waals surface area contributed by atoms with Crippen LogP contribution in [0.25, 0.3) is 10.6 Å². The van der Waals surface area contributed by atoms with Crippen molar-refractivity contribution in [1.82, 2.24) is 4.98 Å². The average Bonchev–Trinajstić information content (AvgIpc) is 2.79. The second kappa shape index (κ2) is 5.27. The molecule has 1 aromatic heterocycles. The predicted octanol–water partition coefficient (Wildman–Crippen LogP) is 2.87. The molecule has 0 amide bonds. The number of hydrogen-bond donors (Lipinski definition) is 2. The van der Waals surface area contributed by atoms with Gasteiger partial charge >= 0.3 is 5.97 Å². The van der Waals surface area contributed by atoms with Crippen molar-refractivity contribution in [2.75, 3.05) is 19.5 Å². The Morgan fingerprint density at radius 1 is 1.47 bits per heavy atom. The molecule has 1 heterocycles. The van der Waals surface area contributed by atoms with E-state index in [4.69, 9.17) is 9.84 Å². The number of anilines is 1. The van der Waals surface area contributed by atoms with Crippen LogP contribution in [-0.4, -0.2) is 30.2 Å². The smallest absolute Gasteiger partial charge is 0.355 e. The number of carboxylic acids is 1. The van der Waals surface area contributed by atoms with Gasteiger partial charge in [-0.2, -0.15) is 0 Å². The van der Waals surface area contributed by atoms with Gasteiger partial charge in [0.05, 0.1) is 18.4 Å². The number of nitrogens with one attached hydrogen (secondary N) is 1. The van der Waals surface area contributed by atoms with Gasteiger partial charge in [-0.1, -0.05) is 6.07 Å². The van der Waals surface area contributed by atoms with Gasteiger partial charge in [-0.3, -0.25) is 0 Å². The van der Waals surface area contributed by atoms with Crippen LogP contribution in [0, 0.1) is 6.92 Å². The normalized spacial score (nSPS) is 10.3. The van der Waals surface area contributed by atoms with Crippen LogP contribution in [-0.2, 0) is 0 Å². The molecule has 0 aliphatic carbocycles. The number of carbonyl (C=O) groups is 1. The molecule has 2 N–H and O–H groups in total. The zero-order chi connectivity index (χ0) is 14.0. The number of aromatic nitrogens is 1. The van der Waals surface area contributed by atoms with Gasteiger partial charge in [0.15, 0.2) is 11.4 Å². The van der Waals surface area contributed by atoms with Crippen molar-refractivity contribution in [1.29, 1.82) is 0 Å². The SMILES string of the molecule is CNc1cccc(-c2nc(C(=O)O)c(C)s2)c1OC. The third-order valence-electron chi connectivity index (χ3n) is 2.72. The molecule has 100 valence electrons. The maximum absolute atomic E-state index is 11.0. The second-order valence-corrected chi connectivity index (χ2v) is 5.07. The van der Waals surface area contributed by atoms with Crippen molar-refractivity contribution in [2.24, 2.45) is 0 Å². The number of rotatable bonds is 4. The molecule has 0 aliphatic rings. The fourth-order valence-corrected chi connectivity index (χ4v) is 2.76. The van der Waals surface area contributed by atoms with E-state index in [0.29, 0.717) is 15.6 Å². The van der Waals surface area contributed by atoms with E-state index in [2.05, 4.69) is 10.3 Å². The number of ether oxygens (including phenoxy) is 1. The van der Waals surface area contributed by atoms with Gasteiger partial charge in [0.2, 0.25) is 0 Å². The summed E-state index contributed by atoms with van der Waals surface area (Å²) in [6, 6.07) is 5.63. The van der Waals surface area contributed by atoms with Crippen LogP contribution in [0.3, 0.4) is 0 Å². The number of benzene rings is 1. The number of methoxy groups -OCH3 is 1. The second-order valence-electron chi connectivity index (χ2n) is 3.87. The van der Waals surface area contributed by atoms with Gasteiger partial charge in [0.1, 0.15) is 5.01 Å². The number of thiazole rings is 1. The maximum Gasteiger partial charge on any atom is 0.355 e. The van der Waals surface area contributed by atoms with Crippen molar-refractivity contribution >= 4 is 23.0 Å². The molecule has 0 saturated heterocycles. The first kappa shape index (κ1) is 13.4. The first-order valence-corrected chi connectivity index (χ1v) is 6.46. The Labute approximate surface area is 114 Å². The van der Waals surface area contributed by atoms with Crippen LogP contribution in [0.1, 0.15) is 15.4 Å². The molecule has 0 spiro atoms. The largest absolute Gasteiger partial charge is 0.494 e. The first-order chi connectivity index (χ1) is 9.08. The van der Waals surface area contributed by atoms with Crippen LogP contribution in [0.15, 0.2) is 18.2 Å². The van der Waals surface area contributed by atoms with E-state index >= 15 is 0 Å². The lowest BCUT2D eigenvalue weighted by molar-refractivity contribution is 0.0690. The molecule has 19 heavy (non-hydrogen) atoms. The molecule has 6 heteroatoms. The summed E-state index contributed by atoms with van der Waals surface area (Å²) in [5.41, 5.74) is 1.72. The molecule has 2 rings (SSSR count). The number of nitrogens with zero attached hydrogens (tertiary/aromatic N) is 1. The standard InChI is InChI=1S/C13H14N2O3S/c1-7-10(13(16)17)15-12(19-7)8-5-4-6-9(14-2)11(8)18-3/h4-6,14H,1-3H3,(H,16,17). The Bertz CT molecular complexity index is 622. The molecular weight excluding hydrogens is 264 g/mol. The van der Waals surface area contributed by atoms with E-state index in [-0.39, 0.29) is 5.69 Å². The van der Waals surface area contributed by atoms with Crippen molar-refractivity contribution in [3.05, 3.63) is 28.8 Å². The Kier molecular flexibility index (Phi) is 3.71. The number of aryl methyl sites for hydroxylation is 1.